The van der Waals surface area contributed by atoms with E-state index in [1.807, 2.05) is 18.2 Å². The molecule has 3 atom stereocenters. The van der Waals surface area contributed by atoms with Crippen LogP contribution in [-0.2, 0) is 12.8 Å². The van der Waals surface area contributed by atoms with Gasteiger partial charge in [-0.15, -0.1) is 0 Å². The van der Waals surface area contributed by atoms with Gasteiger partial charge in [-0.2, -0.15) is 0 Å². The van der Waals surface area contributed by atoms with E-state index < -0.39 is 18.3 Å². The van der Waals surface area contributed by atoms with E-state index in [-0.39, 0.29) is 12.1 Å². The number of benzene rings is 1. The van der Waals surface area contributed by atoms with Gasteiger partial charge in [0.25, 0.3) is 0 Å². The summed E-state index contributed by atoms with van der Waals surface area (Å²) >= 11 is 0. The summed E-state index contributed by atoms with van der Waals surface area (Å²) in [5, 5.41) is 30.0. The summed E-state index contributed by atoms with van der Waals surface area (Å²) in [6.07, 6.45) is -1.25. The highest BCUT2D eigenvalue weighted by Crippen LogP contribution is 2.30. The predicted molar refractivity (Wildman–Crippen MR) is 94.4 cm³/mol. The number of ether oxygens (including phenoxy) is 1. The number of likely N-dealkylation sites (N-methyl/N-ethyl adjacent to an activating group) is 1. The number of aliphatic hydroxyl groups is 3. The molecular formula is C19H31NO4. The maximum Gasteiger partial charge on any atom is 0.123 e. The summed E-state index contributed by atoms with van der Waals surface area (Å²) in [6.45, 7) is 10.1. The summed E-state index contributed by atoms with van der Waals surface area (Å²) in [7, 11) is 0. The quantitative estimate of drug-likeness (QED) is 0.731. The van der Waals surface area contributed by atoms with E-state index in [0.29, 0.717) is 25.1 Å². The van der Waals surface area contributed by atoms with E-state index in [1.54, 1.807) is 0 Å². The molecule has 0 amide bonds. The van der Waals surface area contributed by atoms with E-state index in [1.165, 1.54) is 0 Å². The predicted octanol–water partition coefficient (Wildman–Crippen LogP) is 1.37. The first-order chi connectivity index (χ1) is 11.2. The molecular weight excluding hydrogens is 306 g/mol. The summed E-state index contributed by atoms with van der Waals surface area (Å²) in [5.74, 6) is 0.691. The molecule has 2 rings (SSSR count). The zero-order valence-corrected chi connectivity index (χ0v) is 15.2. The van der Waals surface area contributed by atoms with Crippen LogP contribution in [-0.4, -0.2) is 63.8 Å². The lowest BCUT2D eigenvalue weighted by Crippen LogP contribution is -2.46. The molecule has 24 heavy (non-hydrogen) atoms. The van der Waals surface area contributed by atoms with Crippen molar-refractivity contribution in [2.45, 2.75) is 64.4 Å². The molecule has 0 aliphatic heterocycles. The summed E-state index contributed by atoms with van der Waals surface area (Å²) < 4.78 is 5.84. The van der Waals surface area contributed by atoms with Crippen molar-refractivity contribution in [3.63, 3.8) is 0 Å². The minimum absolute atomic E-state index is 0.00187. The lowest BCUT2D eigenvalue weighted by Gasteiger charge is -2.36. The van der Waals surface area contributed by atoms with E-state index in [9.17, 15) is 15.3 Å². The second kappa shape index (κ2) is 7.83. The summed E-state index contributed by atoms with van der Waals surface area (Å²) in [6, 6.07) is 5.70. The van der Waals surface area contributed by atoms with Crippen LogP contribution in [0.1, 0.15) is 38.8 Å². The van der Waals surface area contributed by atoms with Crippen molar-refractivity contribution >= 4 is 0 Å². The lowest BCUT2D eigenvalue weighted by molar-refractivity contribution is 0.0124. The molecule has 0 bridgehead atoms. The Morgan fingerprint density at radius 3 is 2.50 bits per heavy atom. The third-order valence-electron chi connectivity index (χ3n) is 4.71. The van der Waals surface area contributed by atoms with Gasteiger partial charge in [0, 0.05) is 30.5 Å². The fourth-order valence-corrected chi connectivity index (χ4v) is 3.25. The maximum absolute atomic E-state index is 10.3. The molecule has 1 aromatic carbocycles. The average molecular weight is 337 g/mol. The van der Waals surface area contributed by atoms with Crippen LogP contribution in [0.4, 0.5) is 0 Å². The molecule has 5 nitrogen and oxygen atoms in total. The van der Waals surface area contributed by atoms with Crippen molar-refractivity contribution < 1.29 is 20.1 Å². The molecule has 0 spiro atoms. The molecule has 0 heterocycles. The summed E-state index contributed by atoms with van der Waals surface area (Å²) in [4.78, 5) is 2.21. The second-order valence-electron chi connectivity index (χ2n) is 7.61. The minimum atomic E-state index is -0.761. The smallest absolute Gasteiger partial charge is 0.123 e. The Hall–Kier alpha value is -1.14. The van der Waals surface area contributed by atoms with Crippen molar-refractivity contribution in [2.24, 2.45) is 0 Å². The van der Waals surface area contributed by atoms with Crippen molar-refractivity contribution in [1.29, 1.82) is 0 Å². The molecule has 0 fully saturated rings. The van der Waals surface area contributed by atoms with Crippen LogP contribution in [0.2, 0.25) is 0 Å². The van der Waals surface area contributed by atoms with Gasteiger partial charge in [-0.25, -0.2) is 0 Å². The standard InChI is InChI=1S/C19H31NO4/c1-5-20(19(2,3)4)11-14(21)12-24-18-8-6-7-13-9-16(22)17(23)10-15(13)18/h6-8,14,16-17,21-23H,5,9-12H2,1-4H3/t14?,16-,17+/m1/s1. The molecule has 1 aromatic rings. The van der Waals surface area contributed by atoms with Crippen LogP contribution in [0.3, 0.4) is 0 Å². The van der Waals surface area contributed by atoms with Gasteiger partial charge in [0.2, 0.25) is 0 Å². The zero-order chi connectivity index (χ0) is 17.9. The van der Waals surface area contributed by atoms with Gasteiger partial charge in [-0.3, -0.25) is 4.90 Å². The highest BCUT2D eigenvalue weighted by atomic mass is 16.5. The van der Waals surface area contributed by atoms with Crippen molar-refractivity contribution in [3.05, 3.63) is 29.3 Å². The topological polar surface area (TPSA) is 73.2 Å². The molecule has 1 aliphatic carbocycles. The second-order valence-corrected chi connectivity index (χ2v) is 7.61. The highest BCUT2D eigenvalue weighted by Gasteiger charge is 2.28. The Balaban J connectivity index is 1.99. The van der Waals surface area contributed by atoms with Gasteiger partial charge in [0.1, 0.15) is 18.5 Å². The SMILES string of the molecule is CCN(CC(O)COc1cccc2c1C[C@H](O)[C@H](O)C2)C(C)(C)C. The fraction of sp³-hybridized carbons (Fsp3) is 0.684. The number of rotatable bonds is 6. The van der Waals surface area contributed by atoms with Crippen LogP contribution >= 0.6 is 0 Å². The van der Waals surface area contributed by atoms with Crippen LogP contribution in [0.15, 0.2) is 18.2 Å². The van der Waals surface area contributed by atoms with Crippen molar-refractivity contribution in [3.8, 4) is 5.75 Å². The Morgan fingerprint density at radius 1 is 1.21 bits per heavy atom. The molecule has 0 saturated carbocycles. The molecule has 0 aromatic heterocycles. The number of fused-ring (bicyclic) bond motifs is 1. The van der Waals surface area contributed by atoms with Gasteiger partial charge in [0.05, 0.1) is 12.2 Å². The molecule has 3 N–H and O–H groups in total. The van der Waals surface area contributed by atoms with Crippen molar-refractivity contribution in [1.82, 2.24) is 4.90 Å². The molecule has 0 radical (unpaired) electrons. The van der Waals surface area contributed by atoms with Gasteiger partial charge in [-0.1, -0.05) is 19.1 Å². The normalized spacial score (nSPS) is 22.3. The third-order valence-corrected chi connectivity index (χ3v) is 4.71. The van der Waals surface area contributed by atoms with E-state index in [2.05, 4.69) is 32.6 Å². The van der Waals surface area contributed by atoms with Gasteiger partial charge in [0.15, 0.2) is 0 Å². The highest BCUT2D eigenvalue weighted by molar-refractivity contribution is 5.43. The number of hydrogen-bond acceptors (Lipinski definition) is 5. The minimum Gasteiger partial charge on any atom is -0.491 e. The lowest BCUT2D eigenvalue weighted by atomic mass is 9.87. The van der Waals surface area contributed by atoms with Crippen molar-refractivity contribution in [2.75, 3.05) is 19.7 Å². The summed E-state index contributed by atoms with van der Waals surface area (Å²) in [5.41, 5.74) is 1.94. The molecule has 136 valence electrons. The van der Waals surface area contributed by atoms with E-state index in [0.717, 1.165) is 17.7 Å². The largest absolute Gasteiger partial charge is 0.491 e. The third kappa shape index (κ3) is 4.70. The Kier molecular flexibility index (Phi) is 6.26. The van der Waals surface area contributed by atoms with Crippen LogP contribution in [0.5, 0.6) is 5.75 Å². The van der Waals surface area contributed by atoms with Gasteiger partial charge >= 0.3 is 0 Å². The van der Waals surface area contributed by atoms with Gasteiger partial charge < -0.3 is 20.1 Å². The zero-order valence-electron chi connectivity index (χ0n) is 15.2. The maximum atomic E-state index is 10.3. The van der Waals surface area contributed by atoms with E-state index >= 15 is 0 Å². The average Bonchev–Trinajstić information content (AvgIpc) is 2.50. The van der Waals surface area contributed by atoms with Gasteiger partial charge in [-0.05, 0) is 38.9 Å². The van der Waals surface area contributed by atoms with Crippen LogP contribution < -0.4 is 4.74 Å². The first kappa shape index (κ1) is 19.2. The molecule has 1 unspecified atom stereocenters. The van der Waals surface area contributed by atoms with Crippen LogP contribution in [0.25, 0.3) is 0 Å². The molecule has 0 saturated heterocycles. The van der Waals surface area contributed by atoms with E-state index in [4.69, 9.17) is 4.74 Å². The Bertz CT molecular complexity index is 541. The first-order valence-corrected chi connectivity index (χ1v) is 8.75. The fourth-order valence-electron chi connectivity index (χ4n) is 3.25. The van der Waals surface area contributed by atoms with Crippen LogP contribution in [0, 0.1) is 0 Å². The number of hydrogen-bond donors (Lipinski definition) is 3. The Morgan fingerprint density at radius 2 is 1.88 bits per heavy atom. The first-order valence-electron chi connectivity index (χ1n) is 8.75. The monoisotopic (exact) mass is 337 g/mol. The number of aliphatic hydroxyl groups excluding tert-OH is 3. The molecule has 5 heteroatoms. The number of β-amino-alcohol motifs (C(OH)–C–C–N with tert-alkyl or cyclic N) is 1. The number of nitrogens with zero attached hydrogens (tertiary/aromatic N) is 1. The molecule has 1 aliphatic rings. The Labute approximate surface area is 144 Å².